The van der Waals surface area contributed by atoms with Crippen LogP contribution in [0.3, 0.4) is 0 Å². The summed E-state index contributed by atoms with van der Waals surface area (Å²) in [6, 6.07) is 10.4. The van der Waals surface area contributed by atoms with Crippen LogP contribution in [0.1, 0.15) is 28.8 Å². The van der Waals surface area contributed by atoms with Crippen molar-refractivity contribution in [1.29, 1.82) is 0 Å². The van der Waals surface area contributed by atoms with Crippen molar-refractivity contribution in [2.45, 2.75) is 41.3 Å². The van der Waals surface area contributed by atoms with Gasteiger partial charge in [0.2, 0.25) is 10.0 Å². The molecule has 12 heteroatoms. The largest absolute Gasteiger partial charge is 0.496 e. The Bertz CT molecular complexity index is 1410. The number of thioether (sulfide) groups is 1. The van der Waals surface area contributed by atoms with Crippen LogP contribution in [0.5, 0.6) is 5.75 Å². The Morgan fingerprint density at radius 2 is 1.95 bits per heavy atom. The number of fused-ring (bicyclic) bond motifs is 1. The zero-order chi connectivity index (χ0) is 26.7. The van der Waals surface area contributed by atoms with Crippen molar-refractivity contribution in [1.82, 2.24) is 13.9 Å². The molecule has 204 valence electrons. The maximum atomic E-state index is 13.2. The minimum absolute atomic E-state index is 0.0809. The predicted octanol–water partition coefficient (Wildman–Crippen LogP) is 3.32. The molecule has 0 spiro atoms. The number of methoxy groups -OCH3 is 2. The fourth-order valence-electron chi connectivity index (χ4n) is 4.71. The van der Waals surface area contributed by atoms with E-state index in [9.17, 15) is 13.2 Å². The highest BCUT2D eigenvalue weighted by Gasteiger charge is 2.28. The van der Waals surface area contributed by atoms with Gasteiger partial charge < -0.3 is 23.5 Å². The monoisotopic (exact) mass is 561 g/mol. The molecule has 0 unspecified atom stereocenters. The van der Waals surface area contributed by atoms with Gasteiger partial charge in [0.15, 0.2) is 5.16 Å². The second-order valence-corrected chi connectivity index (χ2v) is 12.0. The lowest BCUT2D eigenvalue weighted by molar-refractivity contribution is 0.0600. The van der Waals surface area contributed by atoms with Gasteiger partial charge in [-0.25, -0.2) is 18.2 Å². The Morgan fingerprint density at radius 1 is 1.13 bits per heavy atom. The summed E-state index contributed by atoms with van der Waals surface area (Å²) in [5.41, 5.74) is 2.79. The van der Waals surface area contributed by atoms with Crippen LogP contribution in [0.25, 0.3) is 11.0 Å². The molecule has 0 aliphatic carbocycles. The van der Waals surface area contributed by atoms with Crippen molar-refractivity contribution in [2.75, 3.05) is 47.1 Å². The molecule has 0 radical (unpaired) electrons. The number of nitrogens with zero attached hydrogens (tertiary/aromatic N) is 3. The van der Waals surface area contributed by atoms with Crippen molar-refractivity contribution in [3.8, 4) is 5.75 Å². The molecule has 3 aromatic rings. The van der Waals surface area contributed by atoms with Crippen LogP contribution >= 0.6 is 11.8 Å². The molecular weight excluding hydrogens is 530 g/mol. The molecule has 1 aromatic heterocycles. The van der Waals surface area contributed by atoms with Crippen LogP contribution in [0.15, 0.2) is 46.5 Å². The van der Waals surface area contributed by atoms with Crippen LogP contribution in [-0.2, 0) is 36.5 Å². The Balaban J connectivity index is 1.46. The molecule has 10 nitrogen and oxygen atoms in total. The highest BCUT2D eigenvalue weighted by Crippen LogP contribution is 2.33. The number of carbonyl (C=O) groups is 1. The van der Waals surface area contributed by atoms with Gasteiger partial charge in [-0.1, -0.05) is 17.8 Å². The van der Waals surface area contributed by atoms with Gasteiger partial charge in [-0.2, -0.15) is 4.31 Å². The maximum absolute atomic E-state index is 13.2. The van der Waals surface area contributed by atoms with Crippen LogP contribution in [0, 0.1) is 0 Å². The predicted molar refractivity (Wildman–Crippen MR) is 142 cm³/mol. The molecule has 38 heavy (non-hydrogen) atoms. The molecule has 3 heterocycles. The van der Waals surface area contributed by atoms with Gasteiger partial charge in [0.05, 0.1) is 61.6 Å². The average Bonchev–Trinajstić information content (AvgIpc) is 3.59. The lowest BCUT2D eigenvalue weighted by Crippen LogP contribution is -2.40. The van der Waals surface area contributed by atoms with E-state index in [2.05, 4.69) is 4.57 Å². The Hall–Kier alpha value is -2.64. The third-order valence-electron chi connectivity index (χ3n) is 6.77. The van der Waals surface area contributed by atoms with Gasteiger partial charge in [-0.3, -0.25) is 0 Å². The number of sulfonamides is 1. The Morgan fingerprint density at radius 3 is 2.66 bits per heavy atom. The van der Waals surface area contributed by atoms with Crippen molar-refractivity contribution in [3.05, 3.63) is 47.5 Å². The number of hydrogen-bond donors (Lipinski definition) is 0. The van der Waals surface area contributed by atoms with Crippen molar-refractivity contribution < 1.29 is 32.2 Å². The summed E-state index contributed by atoms with van der Waals surface area (Å²) >= 11 is 1.52. The quantitative estimate of drug-likeness (QED) is 0.287. The Labute approximate surface area is 226 Å². The lowest BCUT2D eigenvalue weighted by Gasteiger charge is -2.26. The first-order valence-electron chi connectivity index (χ1n) is 12.5. The molecule has 0 amide bonds. The van der Waals surface area contributed by atoms with Gasteiger partial charge in [0.1, 0.15) is 5.75 Å². The fraction of sp³-hybridized carbons (Fsp3) is 0.462. The van der Waals surface area contributed by atoms with Crippen LogP contribution < -0.4 is 4.74 Å². The molecule has 0 bridgehead atoms. The first-order valence-corrected chi connectivity index (χ1v) is 14.9. The minimum atomic E-state index is -3.64. The third-order valence-corrected chi connectivity index (χ3v) is 9.69. The second kappa shape index (κ2) is 11.6. The number of esters is 1. The van der Waals surface area contributed by atoms with E-state index >= 15 is 0 Å². The summed E-state index contributed by atoms with van der Waals surface area (Å²) < 4.78 is 51.6. The van der Waals surface area contributed by atoms with Crippen LogP contribution in [-0.4, -0.2) is 81.5 Å². The standard InChI is InChI=1S/C26H31N3O7S2/c1-33-24-14-18(25(30)34-2)5-6-19(24)17-37-26-27-22-15-21(38(31,32)28-9-12-35-13-10-28)7-8-23(22)29(26)16-20-4-3-11-36-20/h5-8,14-15,20H,3-4,9-13,16-17H2,1-2H3/t20-/m0/s1. The summed E-state index contributed by atoms with van der Waals surface area (Å²) in [5.74, 6) is 0.697. The van der Waals surface area contributed by atoms with E-state index in [1.807, 2.05) is 12.1 Å². The van der Waals surface area contributed by atoms with E-state index in [0.29, 0.717) is 55.4 Å². The zero-order valence-electron chi connectivity index (χ0n) is 21.4. The number of imidazole rings is 1. The molecule has 1 atom stereocenters. The van der Waals surface area contributed by atoms with E-state index in [4.69, 9.17) is 23.9 Å². The summed E-state index contributed by atoms with van der Waals surface area (Å²) in [4.78, 5) is 17.0. The lowest BCUT2D eigenvalue weighted by atomic mass is 10.1. The molecule has 0 N–H and O–H groups in total. The summed E-state index contributed by atoms with van der Waals surface area (Å²) in [5, 5.41) is 0.760. The summed E-state index contributed by atoms with van der Waals surface area (Å²) in [6.07, 6.45) is 2.07. The van der Waals surface area contributed by atoms with Gasteiger partial charge in [0.25, 0.3) is 0 Å². The number of hydrogen-bond acceptors (Lipinski definition) is 9. The smallest absolute Gasteiger partial charge is 0.337 e. The van der Waals surface area contributed by atoms with Gasteiger partial charge in [-0.15, -0.1) is 0 Å². The Kier molecular flexibility index (Phi) is 8.24. The molecule has 2 saturated heterocycles. The van der Waals surface area contributed by atoms with E-state index in [1.165, 1.54) is 23.2 Å². The number of morpholine rings is 1. The second-order valence-electron chi connectivity index (χ2n) is 9.11. The fourth-order valence-corrected chi connectivity index (χ4v) is 7.16. The molecule has 5 rings (SSSR count). The van der Waals surface area contributed by atoms with Gasteiger partial charge in [0, 0.05) is 31.0 Å². The molecule has 0 saturated carbocycles. The summed E-state index contributed by atoms with van der Waals surface area (Å²) in [6.45, 7) is 2.83. The molecule has 2 fully saturated rings. The SMILES string of the molecule is COC(=O)c1ccc(CSc2nc3cc(S(=O)(=O)N4CCOCC4)ccc3n2C[C@@H]2CCCO2)c(OC)c1. The normalized spacial score (nSPS) is 18.6. The maximum Gasteiger partial charge on any atom is 0.337 e. The molecular formula is C26H31N3O7S2. The van der Waals surface area contributed by atoms with Crippen molar-refractivity contribution in [3.63, 3.8) is 0 Å². The number of aromatic nitrogens is 2. The first-order chi connectivity index (χ1) is 18.4. The summed E-state index contributed by atoms with van der Waals surface area (Å²) in [7, 11) is -0.734. The topological polar surface area (TPSA) is 109 Å². The van der Waals surface area contributed by atoms with Crippen LogP contribution in [0.2, 0.25) is 0 Å². The highest BCUT2D eigenvalue weighted by atomic mass is 32.2. The molecule has 2 aliphatic heterocycles. The minimum Gasteiger partial charge on any atom is -0.496 e. The number of rotatable bonds is 9. The number of ether oxygens (including phenoxy) is 4. The van der Waals surface area contributed by atoms with E-state index in [1.54, 1.807) is 31.4 Å². The number of benzene rings is 2. The van der Waals surface area contributed by atoms with E-state index < -0.39 is 16.0 Å². The average molecular weight is 562 g/mol. The van der Waals surface area contributed by atoms with Gasteiger partial charge >= 0.3 is 5.97 Å². The molecule has 2 aromatic carbocycles. The number of carbonyl (C=O) groups excluding carboxylic acids is 1. The van der Waals surface area contributed by atoms with Crippen LogP contribution in [0.4, 0.5) is 0 Å². The first kappa shape index (κ1) is 26.9. The third kappa shape index (κ3) is 5.55. The van der Waals surface area contributed by atoms with Gasteiger partial charge in [-0.05, 0) is 43.2 Å². The van der Waals surface area contributed by atoms with Crippen molar-refractivity contribution in [2.24, 2.45) is 0 Å². The zero-order valence-corrected chi connectivity index (χ0v) is 23.1. The van der Waals surface area contributed by atoms with E-state index in [-0.39, 0.29) is 11.0 Å². The molecule has 2 aliphatic rings. The van der Waals surface area contributed by atoms with E-state index in [0.717, 1.165) is 35.7 Å². The highest BCUT2D eigenvalue weighted by molar-refractivity contribution is 7.98. The van der Waals surface area contributed by atoms with Crippen molar-refractivity contribution >= 4 is 38.8 Å².